The first-order valence-electron chi connectivity index (χ1n) is 7.26. The van der Waals surface area contributed by atoms with Gasteiger partial charge in [0.05, 0.1) is 11.4 Å². The van der Waals surface area contributed by atoms with Crippen molar-refractivity contribution < 1.29 is 21.6 Å². The Bertz CT molecular complexity index is 609. The fraction of sp³-hybridized carbons (Fsp3) is 0.571. The average molecular weight is 350 g/mol. The van der Waals surface area contributed by atoms with Crippen molar-refractivity contribution in [2.45, 2.75) is 36.5 Å². The van der Waals surface area contributed by atoms with Crippen molar-refractivity contribution in [3.63, 3.8) is 0 Å². The highest BCUT2D eigenvalue weighted by atomic mass is 32.2. The van der Waals surface area contributed by atoms with E-state index in [1.165, 1.54) is 16.4 Å². The van der Waals surface area contributed by atoms with Gasteiger partial charge in [-0.25, -0.2) is 8.42 Å². The lowest BCUT2D eigenvalue weighted by Crippen LogP contribution is -2.46. The van der Waals surface area contributed by atoms with Gasteiger partial charge in [0, 0.05) is 19.1 Å². The summed E-state index contributed by atoms with van der Waals surface area (Å²) in [6.07, 6.45) is -3.57. The van der Waals surface area contributed by atoms with Crippen molar-refractivity contribution in [3.05, 3.63) is 35.6 Å². The molecule has 2 rings (SSSR count). The van der Waals surface area contributed by atoms with E-state index in [1.807, 2.05) is 0 Å². The minimum atomic E-state index is -4.26. The lowest BCUT2D eigenvalue weighted by molar-refractivity contribution is -0.126. The molecule has 130 valence electrons. The highest BCUT2D eigenvalue weighted by molar-refractivity contribution is 7.89. The first-order valence-corrected chi connectivity index (χ1v) is 8.70. The summed E-state index contributed by atoms with van der Waals surface area (Å²) < 4.78 is 62.8. The molecule has 1 aliphatic rings. The van der Waals surface area contributed by atoms with Crippen LogP contribution in [0.1, 0.15) is 18.4 Å². The zero-order chi connectivity index (χ0) is 17.1. The molecule has 0 spiro atoms. The van der Waals surface area contributed by atoms with Crippen LogP contribution in [0.3, 0.4) is 0 Å². The van der Waals surface area contributed by atoms with Gasteiger partial charge in [-0.15, -0.1) is 6.54 Å². The van der Waals surface area contributed by atoms with E-state index in [1.54, 1.807) is 12.1 Å². The van der Waals surface area contributed by atoms with Gasteiger partial charge in [0.15, 0.2) is 0 Å². The van der Waals surface area contributed by atoms with E-state index >= 15 is 0 Å². The molecule has 0 radical (unpaired) electrons. The van der Waals surface area contributed by atoms with Gasteiger partial charge in [0.1, 0.15) is 0 Å². The fourth-order valence-corrected chi connectivity index (χ4v) is 3.96. The third kappa shape index (κ3) is 4.90. The quantitative estimate of drug-likeness (QED) is 0.887. The van der Waals surface area contributed by atoms with Crippen LogP contribution in [0.4, 0.5) is 13.2 Å². The van der Waals surface area contributed by atoms with E-state index in [2.05, 4.69) is 5.32 Å². The highest BCUT2D eigenvalue weighted by Crippen LogP contribution is 2.22. The zero-order valence-electron chi connectivity index (χ0n) is 12.4. The molecular weight excluding hydrogens is 331 g/mol. The molecule has 1 aromatic rings. The summed E-state index contributed by atoms with van der Waals surface area (Å²) in [4.78, 5) is 0.149. The van der Waals surface area contributed by atoms with Crippen molar-refractivity contribution in [1.29, 1.82) is 0 Å². The Balaban J connectivity index is 1.95. The summed E-state index contributed by atoms with van der Waals surface area (Å²) in [6, 6.07) is 5.80. The Morgan fingerprint density at radius 2 is 1.74 bits per heavy atom. The number of nitrogens with one attached hydrogen (secondary N) is 2. The molecule has 1 aliphatic heterocycles. The van der Waals surface area contributed by atoms with Gasteiger partial charge in [-0.05, 0) is 25.0 Å². The predicted octanol–water partition coefficient (Wildman–Crippen LogP) is 2.54. The van der Waals surface area contributed by atoms with E-state index in [-0.39, 0.29) is 30.6 Å². The number of halogens is 3. The molecule has 1 fully saturated rings. The summed E-state index contributed by atoms with van der Waals surface area (Å²) in [5.74, 6) is 0. The minimum absolute atomic E-state index is 0.0800. The van der Waals surface area contributed by atoms with E-state index in [0.29, 0.717) is 12.8 Å². The van der Waals surface area contributed by atoms with E-state index in [4.69, 9.17) is 5.73 Å². The lowest BCUT2D eigenvalue weighted by Gasteiger charge is -2.32. The van der Waals surface area contributed by atoms with Crippen LogP contribution in [0.5, 0.6) is 0 Å². The first kappa shape index (κ1) is 18.2. The largest absolute Gasteiger partial charge is 0.674 e. The van der Waals surface area contributed by atoms with Crippen LogP contribution in [0.15, 0.2) is 29.2 Å². The first-order chi connectivity index (χ1) is 10.7. The molecule has 0 amide bonds. The van der Waals surface area contributed by atoms with Crippen LogP contribution < -0.4 is 5.32 Å². The topological polar surface area (TPSA) is 73.2 Å². The van der Waals surface area contributed by atoms with Crippen molar-refractivity contribution >= 4 is 10.0 Å². The Morgan fingerprint density at radius 1 is 1.17 bits per heavy atom. The van der Waals surface area contributed by atoms with E-state index < -0.39 is 22.7 Å². The second kappa shape index (κ2) is 7.16. The number of hydrogen-bond acceptors (Lipinski definition) is 3. The molecule has 0 atom stereocenters. The van der Waals surface area contributed by atoms with E-state index in [9.17, 15) is 21.6 Å². The van der Waals surface area contributed by atoms with Gasteiger partial charge in [-0.2, -0.15) is 17.5 Å². The molecule has 1 aromatic carbocycles. The Labute approximate surface area is 133 Å². The predicted molar refractivity (Wildman–Crippen MR) is 80.3 cm³/mol. The van der Waals surface area contributed by atoms with Crippen molar-refractivity contribution in [2.75, 3.05) is 19.6 Å². The second-order valence-electron chi connectivity index (χ2n) is 5.50. The molecule has 9 heteroatoms. The molecule has 1 saturated heterocycles. The molecular formula is C14H19F3N3O2S-. The smallest absolute Gasteiger partial charge is 0.401 e. The summed E-state index contributed by atoms with van der Waals surface area (Å²) in [5, 5.41) is 2.42. The van der Waals surface area contributed by atoms with Crippen LogP contribution in [-0.4, -0.2) is 44.6 Å². The molecule has 0 aliphatic carbocycles. The second-order valence-corrected chi connectivity index (χ2v) is 7.43. The van der Waals surface area contributed by atoms with Gasteiger partial charge in [0.2, 0.25) is 10.0 Å². The number of benzene rings is 1. The maximum absolute atomic E-state index is 12.5. The van der Waals surface area contributed by atoms with Crippen LogP contribution in [0.2, 0.25) is 0 Å². The van der Waals surface area contributed by atoms with Gasteiger partial charge in [0.25, 0.3) is 0 Å². The maximum atomic E-state index is 12.5. The zero-order valence-corrected chi connectivity index (χ0v) is 13.3. The molecule has 0 unspecified atom stereocenters. The molecule has 2 N–H and O–H groups in total. The summed E-state index contributed by atoms with van der Waals surface area (Å²) >= 11 is 0. The molecule has 0 bridgehead atoms. The van der Waals surface area contributed by atoms with Crippen LogP contribution in [0, 0.1) is 0 Å². The number of nitrogens with zero attached hydrogens (tertiary/aromatic N) is 1. The Morgan fingerprint density at radius 3 is 2.22 bits per heavy atom. The minimum Gasteiger partial charge on any atom is -0.674 e. The SMILES string of the molecule is [NH-]Cc1ccc(S(=O)(=O)N2CCC(NCC(F)(F)F)CC2)cc1. The maximum Gasteiger partial charge on any atom is 0.401 e. The summed E-state index contributed by atoms with van der Waals surface area (Å²) in [5.41, 5.74) is 7.95. The van der Waals surface area contributed by atoms with Gasteiger partial charge in [-0.3, -0.25) is 0 Å². The normalized spacial score (nSPS) is 18.3. The Kier molecular flexibility index (Phi) is 5.66. The Hall–Kier alpha value is -1.16. The van der Waals surface area contributed by atoms with E-state index in [0.717, 1.165) is 5.56 Å². The van der Waals surface area contributed by atoms with Crippen molar-refractivity contribution in [3.8, 4) is 0 Å². The number of piperidine rings is 1. The summed E-state index contributed by atoms with van der Waals surface area (Å²) in [7, 11) is -3.63. The summed E-state index contributed by atoms with van der Waals surface area (Å²) in [6.45, 7) is -0.592. The molecule has 1 heterocycles. The average Bonchev–Trinajstić information content (AvgIpc) is 2.53. The molecule has 5 nitrogen and oxygen atoms in total. The molecule has 0 aromatic heterocycles. The lowest BCUT2D eigenvalue weighted by atomic mass is 10.1. The number of sulfonamides is 1. The third-order valence-corrected chi connectivity index (χ3v) is 5.72. The highest BCUT2D eigenvalue weighted by Gasteiger charge is 2.32. The monoisotopic (exact) mass is 350 g/mol. The number of alkyl halides is 3. The molecule has 23 heavy (non-hydrogen) atoms. The number of hydrogen-bond donors (Lipinski definition) is 1. The number of rotatable bonds is 5. The fourth-order valence-electron chi connectivity index (χ4n) is 2.49. The van der Waals surface area contributed by atoms with Crippen LogP contribution in [-0.2, 0) is 16.6 Å². The van der Waals surface area contributed by atoms with Gasteiger partial charge < -0.3 is 11.1 Å². The van der Waals surface area contributed by atoms with Crippen LogP contribution in [0.25, 0.3) is 5.73 Å². The van der Waals surface area contributed by atoms with Gasteiger partial charge >= 0.3 is 6.18 Å². The van der Waals surface area contributed by atoms with Gasteiger partial charge in [-0.1, -0.05) is 17.7 Å². The van der Waals surface area contributed by atoms with Crippen molar-refractivity contribution in [2.24, 2.45) is 0 Å². The third-order valence-electron chi connectivity index (χ3n) is 3.81. The van der Waals surface area contributed by atoms with Crippen LogP contribution >= 0.6 is 0 Å². The molecule has 0 saturated carbocycles. The van der Waals surface area contributed by atoms with Crippen molar-refractivity contribution in [1.82, 2.24) is 9.62 Å². The standard InChI is InChI=1S/C14H19F3N3O2S/c15-14(16,17)10-19-12-5-7-20(8-6-12)23(21,22)13-3-1-11(9-18)2-4-13/h1-4,12,18-19H,5-10H2/q-1.